The molecule has 1 heteroatoms. The summed E-state index contributed by atoms with van der Waals surface area (Å²) in [7, 11) is 0. The quantitative estimate of drug-likeness (QED) is 0.209. The molecule has 0 unspecified atom stereocenters. The van der Waals surface area contributed by atoms with E-state index >= 15 is 0 Å². The first-order valence-corrected chi connectivity index (χ1v) is 12.8. The lowest BCUT2D eigenvalue weighted by atomic mass is 9.86. The molecular weight excluding hydrogens is 484 g/mol. The second-order valence-electron chi connectivity index (χ2n) is 9.52. The van der Waals surface area contributed by atoms with Gasteiger partial charge in [0.2, 0.25) is 0 Å². The summed E-state index contributed by atoms with van der Waals surface area (Å²) in [5.41, 5.74) is 3.48. The molecule has 7 aromatic carbocycles. The fourth-order valence-electron chi connectivity index (χ4n) is 5.44. The van der Waals surface area contributed by atoms with Gasteiger partial charge in [-0.1, -0.05) is 127 Å². The van der Waals surface area contributed by atoms with Crippen LogP contribution in [0, 0.1) is 0 Å². The first-order chi connectivity index (χ1) is 25.2. The molecule has 0 N–H and O–H groups in total. The zero-order chi connectivity index (χ0) is 37.8. The number of fused-ring (bicyclic) bond motifs is 5. The third-order valence-corrected chi connectivity index (χ3v) is 7.27. The smallest absolute Gasteiger partial charge is 0.136 e. The molecule has 0 atom stereocenters. The van der Waals surface area contributed by atoms with Crippen molar-refractivity contribution in [2.75, 3.05) is 0 Å². The van der Waals surface area contributed by atoms with Crippen LogP contribution in [-0.4, -0.2) is 0 Å². The summed E-state index contributed by atoms with van der Waals surface area (Å²) in [6.45, 7) is 0. The van der Waals surface area contributed by atoms with Crippen molar-refractivity contribution in [3.63, 3.8) is 0 Å². The lowest BCUT2D eigenvalue weighted by Crippen LogP contribution is -1.95. The number of hydrogen-bond acceptors (Lipinski definition) is 1. The van der Waals surface area contributed by atoms with Crippen molar-refractivity contribution in [2.45, 2.75) is 6.42 Å². The first kappa shape index (κ1) is 13.3. The minimum absolute atomic E-state index is 0.00737. The van der Waals surface area contributed by atoms with Crippen LogP contribution in [0.5, 0.6) is 0 Å². The molecule has 0 radical (unpaired) electrons. The van der Waals surface area contributed by atoms with Gasteiger partial charge in [0, 0.05) is 10.8 Å². The zero-order valence-corrected chi connectivity index (χ0v) is 21.0. The van der Waals surface area contributed by atoms with Crippen molar-refractivity contribution in [3.05, 3.63) is 156 Å². The molecule has 0 aliphatic heterocycles. The van der Waals surface area contributed by atoms with Crippen molar-refractivity contribution in [3.8, 4) is 22.3 Å². The Morgan fingerprint density at radius 1 is 0.475 bits per heavy atom. The maximum Gasteiger partial charge on any atom is 0.136 e. The van der Waals surface area contributed by atoms with Crippen molar-refractivity contribution in [2.24, 2.45) is 0 Å². The summed E-state index contributed by atoms with van der Waals surface area (Å²) >= 11 is 0. The van der Waals surface area contributed by atoms with Crippen molar-refractivity contribution in [1.29, 1.82) is 0 Å². The standard InChI is InChI=1S/C39H26O/c1-2-10-26(11-3-1)24-36-30-12-4-6-15-34(30)39(35-16-7-5-13-31(35)36)28-20-18-27(19-21-28)29-22-23-33-32-14-8-9-17-37(32)40-38(33)25-29/h1-23,25H,24H2/i1D,2D,3D,4D,5D,6D,7D,10D,11D,12D,13D,15D,16D. The first-order valence-electron chi connectivity index (χ1n) is 19.3. The minimum atomic E-state index is -0.612. The monoisotopic (exact) mass is 523 g/mol. The third-order valence-electron chi connectivity index (χ3n) is 7.27. The number of benzene rings is 7. The Bertz CT molecular complexity index is 2790. The summed E-state index contributed by atoms with van der Waals surface area (Å²) in [6, 6.07) is 13.6. The van der Waals surface area contributed by atoms with E-state index in [4.69, 9.17) is 22.2 Å². The maximum atomic E-state index is 9.12. The molecule has 1 nitrogen and oxygen atoms in total. The van der Waals surface area contributed by atoms with Gasteiger partial charge >= 0.3 is 0 Å². The van der Waals surface area contributed by atoms with Gasteiger partial charge in [-0.2, -0.15) is 0 Å². The van der Waals surface area contributed by atoms with Gasteiger partial charge in [-0.15, -0.1) is 0 Å². The van der Waals surface area contributed by atoms with Crippen LogP contribution in [0.2, 0.25) is 0 Å². The average molecular weight is 524 g/mol. The summed E-state index contributed by atoms with van der Waals surface area (Å²) in [5, 5.41) is 1.77. The molecule has 0 saturated carbocycles. The third kappa shape index (κ3) is 3.71. The van der Waals surface area contributed by atoms with E-state index in [0.29, 0.717) is 11.1 Å². The van der Waals surface area contributed by atoms with E-state index in [1.54, 1.807) is 12.1 Å². The van der Waals surface area contributed by atoms with Crippen LogP contribution in [0.15, 0.2) is 150 Å². The highest BCUT2D eigenvalue weighted by Gasteiger charge is 2.16. The second-order valence-corrected chi connectivity index (χ2v) is 9.52. The average Bonchev–Trinajstić information content (AvgIpc) is 3.55. The summed E-state index contributed by atoms with van der Waals surface area (Å²) in [4.78, 5) is 0. The van der Waals surface area contributed by atoms with Crippen LogP contribution >= 0.6 is 0 Å². The van der Waals surface area contributed by atoms with Crippen molar-refractivity contribution < 1.29 is 22.2 Å². The Morgan fingerprint density at radius 3 is 1.77 bits per heavy atom. The molecule has 0 saturated heterocycles. The Hall–Kier alpha value is -5.14. The van der Waals surface area contributed by atoms with Gasteiger partial charge in [0.25, 0.3) is 0 Å². The summed E-state index contributed by atoms with van der Waals surface area (Å²) in [6.07, 6.45) is -0.476. The molecule has 1 aromatic heterocycles. The normalized spacial score (nSPS) is 16.1. The van der Waals surface area contributed by atoms with Crippen LogP contribution in [0.3, 0.4) is 0 Å². The van der Waals surface area contributed by atoms with E-state index in [2.05, 4.69) is 0 Å². The van der Waals surface area contributed by atoms with Crippen molar-refractivity contribution in [1.82, 2.24) is 0 Å². The molecule has 0 spiro atoms. The highest BCUT2D eigenvalue weighted by Crippen LogP contribution is 2.41. The fraction of sp³-hybridized carbons (Fsp3) is 0.0256. The highest BCUT2D eigenvalue weighted by atomic mass is 16.3. The van der Waals surface area contributed by atoms with Crippen LogP contribution in [0.25, 0.3) is 65.7 Å². The topological polar surface area (TPSA) is 13.1 Å². The molecule has 0 amide bonds. The molecule has 8 aromatic rings. The van der Waals surface area contributed by atoms with Gasteiger partial charge in [-0.25, -0.2) is 0 Å². The Kier molecular flexibility index (Phi) is 3.07. The Labute approximate surface area is 251 Å². The van der Waals surface area contributed by atoms with Crippen LogP contribution in [-0.2, 0) is 6.42 Å². The highest BCUT2D eigenvalue weighted by molar-refractivity contribution is 6.15. The minimum Gasteiger partial charge on any atom is -0.456 e. The van der Waals surface area contributed by atoms with Crippen LogP contribution in [0.4, 0.5) is 0 Å². The van der Waals surface area contributed by atoms with Gasteiger partial charge in [-0.05, 0) is 79.5 Å². The van der Waals surface area contributed by atoms with E-state index in [1.165, 1.54) is 0 Å². The second kappa shape index (κ2) is 9.25. The lowest BCUT2D eigenvalue weighted by Gasteiger charge is -2.18. The predicted octanol–water partition coefficient (Wildman–Crippen LogP) is 10.8. The molecule has 0 aliphatic rings. The maximum absolute atomic E-state index is 9.12. The van der Waals surface area contributed by atoms with E-state index in [9.17, 15) is 0 Å². The SMILES string of the molecule is [2H]c1c([2H])c([2H])c(Cc2c3c([2H])c([2H])c([2H])c([2H])c3c(-c3ccc(-c4ccc5c(c4)oc4ccccc45)cc3)c3c([2H])c([2H])c([2H])c([2H])c23)c([2H])c1[2H]. The van der Waals surface area contributed by atoms with Gasteiger partial charge in [-0.3, -0.25) is 0 Å². The van der Waals surface area contributed by atoms with Gasteiger partial charge in [0.15, 0.2) is 0 Å². The number of para-hydroxylation sites is 1. The summed E-state index contributed by atoms with van der Waals surface area (Å²) in [5.74, 6) is 0. The largest absolute Gasteiger partial charge is 0.456 e. The van der Waals surface area contributed by atoms with Gasteiger partial charge < -0.3 is 4.42 Å². The molecule has 0 bridgehead atoms. The molecule has 0 fully saturated rings. The van der Waals surface area contributed by atoms with Crippen molar-refractivity contribution >= 4 is 43.5 Å². The molecule has 188 valence electrons. The number of furan rings is 1. The molecule has 40 heavy (non-hydrogen) atoms. The predicted molar refractivity (Wildman–Crippen MR) is 169 cm³/mol. The van der Waals surface area contributed by atoms with E-state index in [1.807, 2.05) is 54.6 Å². The van der Waals surface area contributed by atoms with Crippen LogP contribution < -0.4 is 0 Å². The fourth-order valence-corrected chi connectivity index (χ4v) is 5.44. The lowest BCUT2D eigenvalue weighted by molar-refractivity contribution is 0.669. The van der Waals surface area contributed by atoms with Gasteiger partial charge in [0.05, 0.1) is 17.8 Å². The summed E-state index contributed by atoms with van der Waals surface area (Å²) < 4.78 is 119. The number of hydrogen-bond donors (Lipinski definition) is 0. The molecule has 0 aliphatic carbocycles. The van der Waals surface area contributed by atoms with E-state index in [0.717, 1.165) is 27.5 Å². The molecular formula is C39H26O. The van der Waals surface area contributed by atoms with E-state index < -0.39 is 85.0 Å². The Balaban J connectivity index is 1.44. The zero-order valence-electron chi connectivity index (χ0n) is 34.0. The number of rotatable bonds is 4. The Morgan fingerprint density at radius 2 is 1.05 bits per heavy atom. The van der Waals surface area contributed by atoms with Crippen LogP contribution in [0.1, 0.15) is 28.9 Å². The molecule has 1 heterocycles. The van der Waals surface area contributed by atoms with Gasteiger partial charge in [0.1, 0.15) is 11.2 Å². The molecule has 8 rings (SSSR count). The van der Waals surface area contributed by atoms with E-state index in [-0.39, 0.29) is 38.2 Å².